The number of aryl methyl sites for hydroxylation is 1. The SMILES string of the molecule is CCN(CC(C)(C)O)C(=O)Cc1cc(C)ccc1OC. The van der Waals surface area contributed by atoms with Crippen LogP contribution in [0.4, 0.5) is 0 Å². The molecule has 0 saturated heterocycles. The van der Waals surface area contributed by atoms with Crippen molar-refractivity contribution in [3.63, 3.8) is 0 Å². The van der Waals surface area contributed by atoms with Crippen molar-refractivity contribution in [2.45, 2.75) is 39.7 Å². The first-order valence-electron chi connectivity index (χ1n) is 6.90. The molecule has 1 amide bonds. The van der Waals surface area contributed by atoms with Gasteiger partial charge in [0.2, 0.25) is 5.91 Å². The second-order valence-electron chi connectivity index (χ2n) is 5.71. The zero-order valence-electron chi connectivity index (χ0n) is 13.1. The molecule has 112 valence electrons. The number of carbonyl (C=O) groups is 1. The lowest BCUT2D eigenvalue weighted by Gasteiger charge is -2.28. The van der Waals surface area contributed by atoms with Gasteiger partial charge in [0.05, 0.1) is 19.1 Å². The first-order valence-corrected chi connectivity index (χ1v) is 6.90. The highest BCUT2D eigenvalue weighted by Crippen LogP contribution is 2.21. The molecule has 0 bridgehead atoms. The van der Waals surface area contributed by atoms with Crippen molar-refractivity contribution in [1.29, 1.82) is 0 Å². The van der Waals surface area contributed by atoms with Gasteiger partial charge in [-0.3, -0.25) is 4.79 Å². The van der Waals surface area contributed by atoms with Crippen LogP contribution in [0.2, 0.25) is 0 Å². The summed E-state index contributed by atoms with van der Waals surface area (Å²) in [5.41, 5.74) is 1.09. The Morgan fingerprint density at radius 1 is 1.40 bits per heavy atom. The molecule has 0 fully saturated rings. The molecule has 0 unspecified atom stereocenters. The summed E-state index contributed by atoms with van der Waals surface area (Å²) in [6.45, 7) is 8.22. The Labute approximate surface area is 121 Å². The lowest BCUT2D eigenvalue weighted by molar-refractivity contribution is -0.133. The molecular formula is C16H25NO3. The van der Waals surface area contributed by atoms with Crippen molar-refractivity contribution in [2.75, 3.05) is 20.2 Å². The Kier molecular flexibility index (Phi) is 5.57. The van der Waals surface area contributed by atoms with E-state index in [1.807, 2.05) is 32.0 Å². The fraction of sp³-hybridized carbons (Fsp3) is 0.562. The molecule has 0 aliphatic rings. The summed E-state index contributed by atoms with van der Waals surface area (Å²) in [5.74, 6) is 0.724. The van der Waals surface area contributed by atoms with Crippen molar-refractivity contribution in [3.05, 3.63) is 29.3 Å². The van der Waals surface area contributed by atoms with Crippen molar-refractivity contribution in [2.24, 2.45) is 0 Å². The minimum Gasteiger partial charge on any atom is -0.496 e. The predicted octanol–water partition coefficient (Wildman–Crippen LogP) is 2.17. The standard InChI is InChI=1S/C16H25NO3/c1-6-17(11-16(3,4)19)15(18)10-13-9-12(2)7-8-14(13)20-5/h7-9,19H,6,10-11H2,1-5H3. The average Bonchev–Trinajstić information content (AvgIpc) is 2.35. The number of ether oxygens (including phenoxy) is 1. The minimum atomic E-state index is -0.887. The third kappa shape index (κ3) is 4.85. The predicted molar refractivity (Wildman–Crippen MR) is 80.0 cm³/mol. The summed E-state index contributed by atoms with van der Waals surface area (Å²) in [5, 5.41) is 9.86. The number of carbonyl (C=O) groups excluding carboxylic acids is 1. The smallest absolute Gasteiger partial charge is 0.227 e. The van der Waals surface area contributed by atoms with Crippen molar-refractivity contribution in [1.82, 2.24) is 4.90 Å². The minimum absolute atomic E-state index is 0.00137. The van der Waals surface area contributed by atoms with Crippen LogP contribution in [0.15, 0.2) is 18.2 Å². The molecule has 4 nitrogen and oxygen atoms in total. The summed E-state index contributed by atoms with van der Waals surface area (Å²) in [4.78, 5) is 14.0. The van der Waals surface area contributed by atoms with Gasteiger partial charge in [-0.2, -0.15) is 0 Å². The van der Waals surface area contributed by atoms with Crippen molar-refractivity contribution < 1.29 is 14.6 Å². The second kappa shape index (κ2) is 6.75. The molecule has 0 saturated carbocycles. The molecule has 0 aliphatic heterocycles. The number of aliphatic hydroxyl groups is 1. The number of rotatable bonds is 6. The van der Waals surface area contributed by atoms with Crippen LogP contribution >= 0.6 is 0 Å². The van der Waals surface area contributed by atoms with E-state index in [1.54, 1.807) is 25.9 Å². The summed E-state index contributed by atoms with van der Waals surface area (Å²) in [7, 11) is 1.60. The highest BCUT2D eigenvalue weighted by molar-refractivity contribution is 5.79. The highest BCUT2D eigenvalue weighted by atomic mass is 16.5. The molecule has 0 spiro atoms. The van der Waals surface area contributed by atoms with Crippen LogP contribution < -0.4 is 4.74 Å². The maximum Gasteiger partial charge on any atom is 0.227 e. The summed E-state index contributed by atoms with van der Waals surface area (Å²) in [6, 6.07) is 5.81. The Hall–Kier alpha value is -1.55. The average molecular weight is 279 g/mol. The van der Waals surface area contributed by atoms with Gasteiger partial charge in [-0.15, -0.1) is 0 Å². The molecule has 0 atom stereocenters. The van der Waals surface area contributed by atoms with E-state index in [0.717, 1.165) is 16.9 Å². The molecule has 1 aromatic carbocycles. The number of methoxy groups -OCH3 is 1. The number of hydrogen-bond acceptors (Lipinski definition) is 3. The van der Waals surface area contributed by atoms with Gasteiger partial charge in [0.1, 0.15) is 5.75 Å². The zero-order chi connectivity index (χ0) is 15.3. The zero-order valence-corrected chi connectivity index (χ0v) is 13.1. The molecule has 1 aromatic rings. The number of likely N-dealkylation sites (N-methyl/N-ethyl adjacent to an activating group) is 1. The molecule has 0 heterocycles. The lowest BCUT2D eigenvalue weighted by Crippen LogP contribution is -2.42. The van der Waals surface area contributed by atoms with Gasteiger partial charge in [0, 0.05) is 18.7 Å². The van der Waals surface area contributed by atoms with Gasteiger partial charge in [0.25, 0.3) is 0 Å². The largest absolute Gasteiger partial charge is 0.496 e. The van der Waals surface area contributed by atoms with Crippen molar-refractivity contribution in [3.8, 4) is 5.75 Å². The van der Waals surface area contributed by atoms with Crippen molar-refractivity contribution >= 4 is 5.91 Å². The molecular weight excluding hydrogens is 254 g/mol. The van der Waals surface area contributed by atoms with Gasteiger partial charge < -0.3 is 14.7 Å². The Morgan fingerprint density at radius 2 is 2.05 bits per heavy atom. The molecule has 1 N–H and O–H groups in total. The Morgan fingerprint density at radius 3 is 2.55 bits per heavy atom. The molecule has 4 heteroatoms. The van der Waals surface area contributed by atoms with Crippen LogP contribution in [0.5, 0.6) is 5.75 Å². The highest BCUT2D eigenvalue weighted by Gasteiger charge is 2.22. The number of amides is 1. The second-order valence-corrected chi connectivity index (χ2v) is 5.71. The first kappa shape index (κ1) is 16.5. The Balaban J connectivity index is 2.86. The van der Waals surface area contributed by atoms with E-state index in [1.165, 1.54) is 0 Å². The van der Waals surface area contributed by atoms with E-state index < -0.39 is 5.60 Å². The topological polar surface area (TPSA) is 49.8 Å². The Bertz CT molecular complexity index is 463. The van der Waals surface area contributed by atoms with E-state index in [2.05, 4.69) is 0 Å². The molecule has 20 heavy (non-hydrogen) atoms. The first-order chi connectivity index (χ1) is 9.26. The molecule has 0 aliphatic carbocycles. The molecule has 0 radical (unpaired) electrons. The summed E-state index contributed by atoms with van der Waals surface area (Å²) >= 11 is 0. The van der Waals surface area contributed by atoms with E-state index >= 15 is 0 Å². The van der Waals surface area contributed by atoms with E-state index in [4.69, 9.17) is 4.74 Å². The normalized spacial score (nSPS) is 11.3. The summed E-state index contributed by atoms with van der Waals surface area (Å²) < 4.78 is 5.30. The number of benzene rings is 1. The van der Waals surface area contributed by atoms with E-state index in [0.29, 0.717) is 13.1 Å². The summed E-state index contributed by atoms with van der Waals surface area (Å²) in [6.07, 6.45) is 0.286. The number of nitrogens with zero attached hydrogens (tertiary/aromatic N) is 1. The van der Waals surface area contributed by atoms with E-state index in [-0.39, 0.29) is 12.3 Å². The van der Waals surface area contributed by atoms with Crippen LogP contribution in [-0.2, 0) is 11.2 Å². The van der Waals surface area contributed by atoms with Gasteiger partial charge in [-0.1, -0.05) is 17.7 Å². The quantitative estimate of drug-likeness (QED) is 0.868. The van der Waals surface area contributed by atoms with Gasteiger partial charge in [0.15, 0.2) is 0 Å². The fourth-order valence-corrected chi connectivity index (χ4v) is 2.16. The van der Waals surface area contributed by atoms with Gasteiger partial charge in [-0.25, -0.2) is 0 Å². The third-order valence-electron chi connectivity index (χ3n) is 3.09. The van der Waals surface area contributed by atoms with Crippen LogP contribution in [0.3, 0.4) is 0 Å². The fourth-order valence-electron chi connectivity index (χ4n) is 2.16. The lowest BCUT2D eigenvalue weighted by atomic mass is 10.1. The van der Waals surface area contributed by atoms with Gasteiger partial charge in [-0.05, 0) is 33.8 Å². The molecule has 1 rings (SSSR count). The van der Waals surface area contributed by atoms with Crippen LogP contribution in [-0.4, -0.2) is 41.7 Å². The maximum atomic E-state index is 12.4. The van der Waals surface area contributed by atoms with Crippen LogP contribution in [0, 0.1) is 6.92 Å². The van der Waals surface area contributed by atoms with Gasteiger partial charge >= 0.3 is 0 Å². The molecule has 0 aromatic heterocycles. The van der Waals surface area contributed by atoms with Crippen LogP contribution in [0.1, 0.15) is 31.9 Å². The monoisotopic (exact) mass is 279 g/mol. The maximum absolute atomic E-state index is 12.4. The third-order valence-corrected chi connectivity index (χ3v) is 3.09. The van der Waals surface area contributed by atoms with Crippen LogP contribution in [0.25, 0.3) is 0 Å². The number of hydrogen-bond donors (Lipinski definition) is 1. The van der Waals surface area contributed by atoms with E-state index in [9.17, 15) is 9.90 Å².